The number of pyridine rings is 1. The van der Waals surface area contributed by atoms with Crippen LogP contribution >= 0.6 is 11.8 Å². The van der Waals surface area contributed by atoms with Crippen molar-refractivity contribution in [1.29, 1.82) is 0 Å². The molecule has 0 saturated heterocycles. The first-order valence-corrected chi connectivity index (χ1v) is 6.58. The van der Waals surface area contributed by atoms with Crippen LogP contribution in [0.25, 0.3) is 0 Å². The molecule has 4 heteroatoms. The normalized spacial score (nSPS) is 18.6. The van der Waals surface area contributed by atoms with Crippen molar-refractivity contribution in [2.24, 2.45) is 0 Å². The van der Waals surface area contributed by atoms with Gasteiger partial charge < -0.3 is 4.90 Å². The van der Waals surface area contributed by atoms with E-state index in [0.717, 1.165) is 16.1 Å². The number of rotatable bonds is 1. The summed E-state index contributed by atoms with van der Waals surface area (Å²) in [6.07, 6.45) is 3.48. The molecule has 1 atom stereocenters. The van der Waals surface area contributed by atoms with Crippen molar-refractivity contribution in [3.8, 4) is 0 Å². The van der Waals surface area contributed by atoms with E-state index in [9.17, 15) is 4.79 Å². The van der Waals surface area contributed by atoms with Crippen molar-refractivity contribution in [3.05, 3.63) is 54.4 Å². The molecule has 0 aliphatic carbocycles. The Morgan fingerprint density at radius 1 is 1.22 bits per heavy atom. The fourth-order valence-corrected chi connectivity index (χ4v) is 3.32. The van der Waals surface area contributed by atoms with Crippen molar-refractivity contribution in [1.82, 2.24) is 4.98 Å². The van der Waals surface area contributed by atoms with E-state index in [1.54, 1.807) is 29.1 Å². The maximum absolute atomic E-state index is 12.4. The first-order chi connectivity index (χ1) is 8.77. The van der Waals surface area contributed by atoms with Crippen molar-refractivity contribution < 1.29 is 4.79 Å². The Kier molecular flexibility index (Phi) is 2.80. The Morgan fingerprint density at radius 3 is 2.83 bits per heavy atom. The third kappa shape index (κ3) is 1.78. The van der Waals surface area contributed by atoms with Crippen LogP contribution in [0.1, 0.15) is 10.8 Å². The summed E-state index contributed by atoms with van der Waals surface area (Å²) in [5.41, 5.74) is 1.93. The number of likely N-dealkylation sites (N-methyl/N-ethyl adjacent to an activating group) is 1. The van der Waals surface area contributed by atoms with Gasteiger partial charge in [0.1, 0.15) is 5.25 Å². The summed E-state index contributed by atoms with van der Waals surface area (Å²) < 4.78 is 0. The topological polar surface area (TPSA) is 33.2 Å². The number of anilines is 1. The lowest BCUT2D eigenvalue weighted by molar-refractivity contribution is -0.118. The molecule has 0 bridgehead atoms. The highest BCUT2D eigenvalue weighted by atomic mass is 32.2. The highest BCUT2D eigenvalue weighted by Crippen LogP contribution is 2.45. The lowest BCUT2D eigenvalue weighted by Gasteiger charge is -2.30. The van der Waals surface area contributed by atoms with E-state index in [1.807, 2.05) is 43.4 Å². The van der Waals surface area contributed by atoms with Gasteiger partial charge in [-0.2, -0.15) is 0 Å². The molecule has 3 rings (SSSR count). The van der Waals surface area contributed by atoms with Gasteiger partial charge in [0.2, 0.25) is 5.91 Å². The maximum atomic E-state index is 12.4. The van der Waals surface area contributed by atoms with Gasteiger partial charge in [-0.3, -0.25) is 9.78 Å². The number of fused-ring (bicyclic) bond motifs is 1. The van der Waals surface area contributed by atoms with Crippen molar-refractivity contribution in [3.63, 3.8) is 0 Å². The van der Waals surface area contributed by atoms with E-state index >= 15 is 0 Å². The molecule has 1 aliphatic heterocycles. The predicted octanol–water partition coefficient (Wildman–Crippen LogP) is 2.89. The maximum Gasteiger partial charge on any atom is 0.244 e. The minimum atomic E-state index is -0.196. The number of nitrogens with zero attached hydrogens (tertiary/aromatic N) is 2. The number of carbonyl (C=O) groups excluding carboxylic acids is 1. The highest BCUT2D eigenvalue weighted by Gasteiger charge is 2.32. The Morgan fingerprint density at radius 2 is 2.06 bits per heavy atom. The van der Waals surface area contributed by atoms with Gasteiger partial charge in [-0.05, 0) is 23.8 Å². The van der Waals surface area contributed by atoms with Crippen molar-refractivity contribution in [2.75, 3.05) is 11.9 Å². The molecule has 1 aliphatic rings. The summed E-state index contributed by atoms with van der Waals surface area (Å²) in [6, 6.07) is 11.8. The van der Waals surface area contributed by atoms with E-state index in [-0.39, 0.29) is 11.2 Å². The zero-order valence-corrected chi connectivity index (χ0v) is 10.7. The van der Waals surface area contributed by atoms with Crippen LogP contribution in [0.3, 0.4) is 0 Å². The smallest absolute Gasteiger partial charge is 0.244 e. The molecule has 0 radical (unpaired) electrons. The number of thioether (sulfide) groups is 1. The molecule has 1 aromatic heterocycles. The lowest BCUT2D eigenvalue weighted by atomic mass is 10.1. The molecule has 1 aromatic carbocycles. The monoisotopic (exact) mass is 256 g/mol. The second-order valence-corrected chi connectivity index (χ2v) is 5.30. The molecule has 0 fully saturated rings. The van der Waals surface area contributed by atoms with Crippen LogP contribution in [0, 0.1) is 0 Å². The Bertz CT molecular complexity index is 585. The zero-order chi connectivity index (χ0) is 12.5. The highest BCUT2D eigenvalue weighted by molar-refractivity contribution is 8.00. The molecule has 3 nitrogen and oxygen atoms in total. The Balaban J connectivity index is 2.04. The minimum absolute atomic E-state index is 0.103. The molecule has 90 valence electrons. The van der Waals surface area contributed by atoms with Gasteiger partial charge in [0, 0.05) is 24.3 Å². The summed E-state index contributed by atoms with van der Waals surface area (Å²) >= 11 is 1.59. The molecule has 0 spiro atoms. The summed E-state index contributed by atoms with van der Waals surface area (Å²) in [7, 11) is 1.82. The van der Waals surface area contributed by atoms with Gasteiger partial charge in [0.15, 0.2) is 0 Å². The quantitative estimate of drug-likeness (QED) is 0.786. The van der Waals surface area contributed by atoms with Gasteiger partial charge in [-0.1, -0.05) is 18.2 Å². The van der Waals surface area contributed by atoms with Crippen molar-refractivity contribution >= 4 is 23.4 Å². The fourth-order valence-electron chi connectivity index (χ4n) is 2.05. The van der Waals surface area contributed by atoms with Crippen LogP contribution in [0.2, 0.25) is 0 Å². The Hall–Kier alpha value is -1.81. The van der Waals surface area contributed by atoms with Crippen LogP contribution in [0.15, 0.2) is 53.7 Å². The molecule has 18 heavy (non-hydrogen) atoms. The summed E-state index contributed by atoms with van der Waals surface area (Å²) in [5, 5.41) is -0.196. The first kappa shape index (κ1) is 11.3. The molecule has 2 heterocycles. The van der Waals surface area contributed by atoms with Crippen molar-refractivity contribution in [2.45, 2.75) is 10.1 Å². The van der Waals surface area contributed by atoms with Gasteiger partial charge in [-0.25, -0.2) is 0 Å². The number of para-hydroxylation sites is 1. The van der Waals surface area contributed by atoms with Crippen LogP contribution in [0.4, 0.5) is 5.69 Å². The third-order valence-corrected chi connectivity index (χ3v) is 4.32. The Labute approximate surface area is 110 Å². The van der Waals surface area contributed by atoms with Crippen LogP contribution < -0.4 is 4.90 Å². The molecular formula is C14H12N2OS. The third-order valence-electron chi connectivity index (χ3n) is 3.01. The molecule has 0 saturated carbocycles. The number of hydrogen-bond acceptors (Lipinski definition) is 3. The lowest BCUT2D eigenvalue weighted by Crippen LogP contribution is -2.33. The number of aromatic nitrogens is 1. The second kappa shape index (κ2) is 4.46. The number of benzene rings is 1. The summed E-state index contributed by atoms with van der Waals surface area (Å²) in [4.78, 5) is 19.3. The first-order valence-electron chi connectivity index (χ1n) is 5.70. The fraction of sp³-hybridized carbons (Fsp3) is 0.143. The second-order valence-electron chi connectivity index (χ2n) is 4.15. The van der Waals surface area contributed by atoms with Crippen LogP contribution in [0.5, 0.6) is 0 Å². The SMILES string of the molecule is CN1C(=O)C(c2cccnc2)Sc2ccccc21. The minimum Gasteiger partial charge on any atom is -0.313 e. The molecule has 1 amide bonds. The molecule has 1 unspecified atom stereocenters. The average molecular weight is 256 g/mol. The van der Waals surface area contributed by atoms with E-state index in [4.69, 9.17) is 0 Å². The van der Waals surface area contributed by atoms with Gasteiger partial charge >= 0.3 is 0 Å². The van der Waals surface area contributed by atoms with Gasteiger partial charge in [-0.15, -0.1) is 11.8 Å². The van der Waals surface area contributed by atoms with E-state index < -0.39 is 0 Å². The number of amides is 1. The van der Waals surface area contributed by atoms with Crippen LogP contribution in [-0.2, 0) is 4.79 Å². The largest absolute Gasteiger partial charge is 0.313 e. The van der Waals surface area contributed by atoms with Crippen LogP contribution in [-0.4, -0.2) is 17.9 Å². The van der Waals surface area contributed by atoms with Gasteiger partial charge in [0.05, 0.1) is 5.69 Å². The molecular weight excluding hydrogens is 244 g/mol. The predicted molar refractivity (Wildman–Crippen MR) is 72.7 cm³/mol. The van der Waals surface area contributed by atoms with E-state index in [0.29, 0.717) is 0 Å². The standard InChI is InChI=1S/C14H12N2OS/c1-16-11-6-2-3-7-12(11)18-13(14(16)17)10-5-4-8-15-9-10/h2-9,13H,1H3. The summed E-state index contributed by atoms with van der Waals surface area (Å²) in [6.45, 7) is 0. The molecule has 0 N–H and O–H groups in total. The van der Waals surface area contributed by atoms with E-state index in [2.05, 4.69) is 4.98 Å². The molecule has 2 aromatic rings. The average Bonchev–Trinajstić information content (AvgIpc) is 2.44. The van der Waals surface area contributed by atoms with E-state index in [1.165, 1.54) is 0 Å². The van der Waals surface area contributed by atoms with Gasteiger partial charge in [0.25, 0.3) is 0 Å². The number of hydrogen-bond donors (Lipinski definition) is 0. The zero-order valence-electron chi connectivity index (χ0n) is 9.91. The number of carbonyl (C=O) groups is 1. The summed E-state index contributed by atoms with van der Waals surface area (Å²) in [5.74, 6) is 0.103.